The molecule has 3 N–H and O–H groups in total. The van der Waals surface area contributed by atoms with Gasteiger partial charge in [0.25, 0.3) is 11.8 Å². The number of benzene rings is 2. The minimum atomic E-state index is -0.583. The highest BCUT2D eigenvalue weighted by Gasteiger charge is 2.15. The van der Waals surface area contributed by atoms with E-state index < -0.39 is 5.91 Å². The molecule has 3 aromatic rings. The third kappa shape index (κ3) is 4.56. The molecule has 3 rings (SSSR count). The minimum Gasteiger partial charge on any atom is -0.493 e. The highest BCUT2D eigenvalue weighted by molar-refractivity contribution is 7.20. The van der Waals surface area contributed by atoms with Crippen LogP contribution in [0.1, 0.15) is 9.67 Å². The molecule has 0 radical (unpaired) electrons. The van der Waals surface area contributed by atoms with Crippen LogP contribution >= 0.6 is 11.3 Å². The zero-order valence-corrected chi connectivity index (χ0v) is 17.3. The average Bonchev–Trinajstić information content (AvgIpc) is 3.19. The van der Waals surface area contributed by atoms with E-state index in [1.807, 2.05) is 0 Å². The Morgan fingerprint density at radius 2 is 1.70 bits per heavy atom. The molecule has 0 aliphatic heterocycles. The second-order valence-electron chi connectivity index (χ2n) is 6.00. The SMILES string of the molecule is COc1cc(OCC(=O)Nc2ccc3sc(C(=O)NO)cc3c2)cc(OC)c1OC. The highest BCUT2D eigenvalue weighted by Crippen LogP contribution is 2.40. The van der Waals surface area contributed by atoms with Gasteiger partial charge in [-0.05, 0) is 29.7 Å². The van der Waals surface area contributed by atoms with Gasteiger partial charge in [-0.1, -0.05) is 0 Å². The van der Waals surface area contributed by atoms with Crippen molar-refractivity contribution < 1.29 is 33.7 Å². The second-order valence-corrected chi connectivity index (χ2v) is 7.09. The first-order chi connectivity index (χ1) is 14.5. The number of anilines is 1. The van der Waals surface area contributed by atoms with E-state index in [0.29, 0.717) is 33.6 Å². The van der Waals surface area contributed by atoms with Crippen molar-refractivity contribution in [3.8, 4) is 23.0 Å². The van der Waals surface area contributed by atoms with E-state index in [2.05, 4.69) is 5.32 Å². The Balaban J connectivity index is 1.68. The lowest BCUT2D eigenvalue weighted by Crippen LogP contribution is -2.20. The number of methoxy groups -OCH3 is 3. The number of amides is 2. The van der Waals surface area contributed by atoms with Crippen LogP contribution in [0, 0.1) is 0 Å². The maximum atomic E-state index is 12.3. The van der Waals surface area contributed by atoms with Crippen molar-refractivity contribution in [2.75, 3.05) is 33.3 Å². The first-order valence-corrected chi connectivity index (χ1v) is 9.51. The summed E-state index contributed by atoms with van der Waals surface area (Å²) < 4.78 is 22.2. The van der Waals surface area contributed by atoms with Crippen molar-refractivity contribution in [3.63, 3.8) is 0 Å². The van der Waals surface area contributed by atoms with Gasteiger partial charge < -0.3 is 24.3 Å². The number of nitrogens with one attached hydrogen (secondary N) is 2. The van der Waals surface area contributed by atoms with E-state index in [1.165, 1.54) is 32.7 Å². The van der Waals surface area contributed by atoms with Crippen LogP contribution in [0.3, 0.4) is 0 Å². The molecule has 0 unspecified atom stereocenters. The first-order valence-electron chi connectivity index (χ1n) is 8.69. The number of carbonyl (C=O) groups is 2. The molecule has 0 atom stereocenters. The highest BCUT2D eigenvalue weighted by atomic mass is 32.1. The summed E-state index contributed by atoms with van der Waals surface area (Å²) >= 11 is 1.23. The molecule has 0 spiro atoms. The predicted octanol–water partition coefficient (Wildman–Crippen LogP) is 3.06. The molecule has 10 heteroatoms. The number of hydrogen-bond acceptors (Lipinski definition) is 8. The summed E-state index contributed by atoms with van der Waals surface area (Å²) in [5, 5.41) is 12.3. The molecule has 0 saturated carbocycles. The van der Waals surface area contributed by atoms with Crippen LogP contribution in [-0.4, -0.2) is 45.0 Å². The van der Waals surface area contributed by atoms with Crippen molar-refractivity contribution in [1.82, 2.24) is 5.48 Å². The zero-order valence-electron chi connectivity index (χ0n) is 16.5. The normalized spacial score (nSPS) is 10.4. The fourth-order valence-electron chi connectivity index (χ4n) is 2.77. The summed E-state index contributed by atoms with van der Waals surface area (Å²) in [7, 11) is 4.48. The average molecular weight is 432 g/mol. The van der Waals surface area contributed by atoms with E-state index >= 15 is 0 Å². The van der Waals surface area contributed by atoms with Gasteiger partial charge in [-0.3, -0.25) is 14.8 Å². The molecule has 0 fully saturated rings. The molecule has 2 amide bonds. The van der Waals surface area contributed by atoms with Gasteiger partial charge in [0.1, 0.15) is 5.75 Å². The van der Waals surface area contributed by atoms with Crippen molar-refractivity contribution >= 4 is 38.9 Å². The lowest BCUT2D eigenvalue weighted by Gasteiger charge is -2.14. The lowest BCUT2D eigenvalue weighted by atomic mass is 10.2. The van der Waals surface area contributed by atoms with Crippen molar-refractivity contribution in [1.29, 1.82) is 0 Å². The molecule has 9 nitrogen and oxygen atoms in total. The van der Waals surface area contributed by atoms with E-state index in [4.69, 9.17) is 24.2 Å². The molecule has 1 heterocycles. The molecule has 2 aromatic carbocycles. The quantitative estimate of drug-likeness (QED) is 0.370. The molecule has 1 aromatic heterocycles. The van der Waals surface area contributed by atoms with Gasteiger partial charge in [-0.2, -0.15) is 0 Å². The standard InChI is InChI=1S/C20H20N2O7S/c1-26-14-8-13(9-15(27-2)19(14)28-3)29-10-18(23)21-12-4-5-16-11(6-12)7-17(30-16)20(24)22-25/h4-9,25H,10H2,1-3H3,(H,21,23)(H,22,24). The number of rotatable bonds is 8. The number of thiophene rings is 1. The third-order valence-corrected chi connectivity index (χ3v) is 5.25. The van der Waals surface area contributed by atoms with Gasteiger partial charge in [0.2, 0.25) is 5.75 Å². The van der Waals surface area contributed by atoms with Gasteiger partial charge >= 0.3 is 0 Å². The maximum absolute atomic E-state index is 12.3. The Hall–Kier alpha value is -3.50. The van der Waals surface area contributed by atoms with Crippen molar-refractivity contribution in [3.05, 3.63) is 41.3 Å². The summed E-state index contributed by atoms with van der Waals surface area (Å²) in [6.07, 6.45) is 0. The Morgan fingerprint density at radius 1 is 1.00 bits per heavy atom. The van der Waals surface area contributed by atoms with Gasteiger partial charge in [-0.25, -0.2) is 5.48 Å². The summed E-state index contributed by atoms with van der Waals surface area (Å²) in [6, 6.07) is 10.1. The number of hydroxylamine groups is 1. The lowest BCUT2D eigenvalue weighted by molar-refractivity contribution is -0.118. The van der Waals surface area contributed by atoms with Crippen molar-refractivity contribution in [2.24, 2.45) is 0 Å². The molecule has 0 aliphatic rings. The Labute approximate surface area is 176 Å². The number of hydrogen-bond donors (Lipinski definition) is 3. The molecule has 0 saturated heterocycles. The smallest absolute Gasteiger partial charge is 0.284 e. The van der Waals surface area contributed by atoms with Gasteiger partial charge in [0.15, 0.2) is 18.1 Å². The molecule has 0 bridgehead atoms. The van der Waals surface area contributed by atoms with Crippen molar-refractivity contribution in [2.45, 2.75) is 0 Å². The van der Waals surface area contributed by atoms with Crippen LogP contribution in [-0.2, 0) is 4.79 Å². The summed E-state index contributed by atoms with van der Waals surface area (Å²) in [5.41, 5.74) is 2.15. The summed E-state index contributed by atoms with van der Waals surface area (Å²) in [4.78, 5) is 24.2. The van der Waals surface area contributed by atoms with Crippen LogP contribution in [0.15, 0.2) is 36.4 Å². The Morgan fingerprint density at radius 3 is 2.30 bits per heavy atom. The molecular weight excluding hydrogens is 412 g/mol. The molecular formula is C20H20N2O7S. The summed E-state index contributed by atoms with van der Waals surface area (Å²) in [6.45, 7) is -0.238. The zero-order chi connectivity index (χ0) is 21.7. The number of carbonyl (C=O) groups excluding carboxylic acids is 2. The fraction of sp³-hybridized carbons (Fsp3) is 0.200. The minimum absolute atomic E-state index is 0.238. The first kappa shape index (κ1) is 21.2. The molecule has 0 aliphatic carbocycles. The summed E-state index contributed by atoms with van der Waals surface area (Å²) in [5.74, 6) is 0.686. The Bertz CT molecular complexity index is 1060. The molecule has 158 valence electrons. The largest absolute Gasteiger partial charge is 0.493 e. The predicted molar refractivity (Wildman–Crippen MR) is 111 cm³/mol. The van der Waals surface area contributed by atoms with Crippen LogP contribution < -0.4 is 29.7 Å². The molecule has 30 heavy (non-hydrogen) atoms. The second kappa shape index (κ2) is 9.33. The maximum Gasteiger partial charge on any atom is 0.284 e. The van der Waals surface area contributed by atoms with Crippen LogP contribution in [0.2, 0.25) is 0 Å². The van der Waals surface area contributed by atoms with Crippen LogP contribution in [0.4, 0.5) is 5.69 Å². The van der Waals surface area contributed by atoms with Crippen LogP contribution in [0.25, 0.3) is 10.1 Å². The number of fused-ring (bicyclic) bond motifs is 1. The Kier molecular flexibility index (Phi) is 6.60. The third-order valence-electron chi connectivity index (χ3n) is 4.13. The van der Waals surface area contributed by atoms with E-state index in [-0.39, 0.29) is 12.5 Å². The van der Waals surface area contributed by atoms with Crippen LogP contribution in [0.5, 0.6) is 23.0 Å². The van der Waals surface area contributed by atoms with E-state index in [1.54, 1.807) is 41.9 Å². The van der Waals surface area contributed by atoms with Gasteiger partial charge in [0.05, 0.1) is 26.2 Å². The topological polar surface area (TPSA) is 115 Å². The number of ether oxygens (including phenoxy) is 4. The monoisotopic (exact) mass is 432 g/mol. The van der Waals surface area contributed by atoms with E-state index in [0.717, 1.165) is 10.1 Å². The fourth-order valence-corrected chi connectivity index (χ4v) is 3.71. The van der Waals surface area contributed by atoms with Gasteiger partial charge in [-0.15, -0.1) is 11.3 Å². The van der Waals surface area contributed by atoms with Gasteiger partial charge in [0, 0.05) is 22.5 Å². The van der Waals surface area contributed by atoms with E-state index in [9.17, 15) is 9.59 Å².